The van der Waals surface area contributed by atoms with Gasteiger partial charge in [0.25, 0.3) is 0 Å². The number of rotatable bonds is 4. The molecule has 0 saturated heterocycles. The Hall–Kier alpha value is -2.12. The zero-order valence-electron chi connectivity index (χ0n) is 8.02. The molecule has 2 amide bonds. The maximum Gasteiger partial charge on any atom is 0.323 e. The largest absolute Gasteiger partial charge is 0.480 e. The van der Waals surface area contributed by atoms with Crippen LogP contribution in [0.25, 0.3) is 0 Å². The van der Waals surface area contributed by atoms with E-state index in [-0.39, 0.29) is 6.04 Å². The van der Waals surface area contributed by atoms with Crippen LogP contribution in [0, 0.1) is 0 Å². The number of amides is 2. The molecule has 0 fully saturated rings. The van der Waals surface area contributed by atoms with Crippen molar-refractivity contribution in [3.05, 3.63) is 12.2 Å². The Morgan fingerprint density at radius 1 is 1.67 bits per heavy atom. The lowest BCUT2D eigenvalue weighted by atomic mass is 10.3. The highest BCUT2D eigenvalue weighted by Crippen LogP contribution is 2.02. The lowest BCUT2D eigenvalue weighted by Crippen LogP contribution is -2.39. The van der Waals surface area contributed by atoms with E-state index in [1.54, 1.807) is 6.92 Å². The van der Waals surface area contributed by atoms with E-state index in [1.807, 2.05) is 0 Å². The molecule has 1 atom stereocenters. The smallest absolute Gasteiger partial charge is 0.323 e. The summed E-state index contributed by atoms with van der Waals surface area (Å²) in [7, 11) is 0. The van der Waals surface area contributed by atoms with Gasteiger partial charge in [-0.05, 0) is 6.92 Å². The first-order valence-electron chi connectivity index (χ1n) is 4.21. The summed E-state index contributed by atoms with van der Waals surface area (Å²) in [5.41, 5.74) is 0. The van der Waals surface area contributed by atoms with E-state index >= 15 is 0 Å². The van der Waals surface area contributed by atoms with Gasteiger partial charge in [-0.15, -0.1) is 0 Å². The number of hydrogen-bond donors (Lipinski definition) is 4. The molecule has 1 aromatic heterocycles. The summed E-state index contributed by atoms with van der Waals surface area (Å²) in [5, 5.41) is 19.2. The Morgan fingerprint density at radius 2 is 2.40 bits per heavy atom. The zero-order valence-corrected chi connectivity index (χ0v) is 8.02. The first-order chi connectivity index (χ1) is 7.09. The molecule has 0 aliphatic rings. The Balaban J connectivity index is 2.35. The molecule has 1 unspecified atom stereocenters. The number of nitrogens with zero attached hydrogens (tertiary/aromatic N) is 2. The van der Waals surface area contributed by atoms with Gasteiger partial charge in [-0.25, -0.2) is 9.78 Å². The highest BCUT2D eigenvalue weighted by Gasteiger charge is 2.11. The van der Waals surface area contributed by atoms with Gasteiger partial charge in [0, 0.05) is 0 Å². The minimum absolute atomic E-state index is 0.360. The highest BCUT2D eigenvalue weighted by molar-refractivity contribution is 5.79. The zero-order chi connectivity index (χ0) is 11.3. The highest BCUT2D eigenvalue weighted by atomic mass is 16.4. The second-order valence-electron chi connectivity index (χ2n) is 2.81. The number of aromatic nitrogens is 3. The molecule has 1 aromatic rings. The number of carbonyl (C=O) groups excluding carboxylic acids is 1. The van der Waals surface area contributed by atoms with Crippen molar-refractivity contribution in [2.24, 2.45) is 0 Å². The predicted molar refractivity (Wildman–Crippen MR) is 49.0 cm³/mol. The third kappa shape index (κ3) is 3.63. The minimum Gasteiger partial charge on any atom is -0.480 e. The number of carboxylic acid groups (broad SMARTS) is 1. The molecule has 15 heavy (non-hydrogen) atoms. The Kier molecular flexibility index (Phi) is 3.61. The normalized spacial score (nSPS) is 11.8. The van der Waals surface area contributed by atoms with Crippen molar-refractivity contribution in [3.63, 3.8) is 0 Å². The molecule has 0 aliphatic carbocycles. The van der Waals surface area contributed by atoms with E-state index in [1.165, 1.54) is 6.33 Å². The Morgan fingerprint density at radius 3 is 2.93 bits per heavy atom. The number of nitrogens with one attached hydrogen (secondary N) is 3. The average molecular weight is 213 g/mol. The number of H-pyrrole nitrogens is 1. The standard InChI is InChI=1S/C7H11N5O3/c1-4(6-9-3-10-12-6)11-7(15)8-2-5(13)14/h3-4H,2H2,1H3,(H,13,14)(H2,8,11,15)(H,9,10,12). The van der Waals surface area contributed by atoms with Gasteiger partial charge in [-0.2, -0.15) is 5.10 Å². The van der Waals surface area contributed by atoms with E-state index < -0.39 is 18.5 Å². The lowest BCUT2D eigenvalue weighted by molar-refractivity contribution is -0.135. The van der Waals surface area contributed by atoms with E-state index in [2.05, 4.69) is 25.8 Å². The summed E-state index contributed by atoms with van der Waals surface area (Å²) in [5.74, 6) is -0.599. The fraction of sp³-hybridized carbons (Fsp3) is 0.429. The molecule has 1 heterocycles. The topological polar surface area (TPSA) is 120 Å². The van der Waals surface area contributed by atoms with Crippen LogP contribution in [-0.4, -0.2) is 38.8 Å². The van der Waals surface area contributed by atoms with Gasteiger partial charge >= 0.3 is 12.0 Å². The van der Waals surface area contributed by atoms with Crippen LogP contribution in [0.15, 0.2) is 6.33 Å². The molecule has 82 valence electrons. The Bertz CT molecular complexity index is 336. The van der Waals surface area contributed by atoms with Crippen molar-refractivity contribution in [2.75, 3.05) is 6.54 Å². The summed E-state index contributed by atoms with van der Waals surface area (Å²) >= 11 is 0. The van der Waals surface area contributed by atoms with E-state index in [9.17, 15) is 9.59 Å². The summed E-state index contributed by atoms with van der Waals surface area (Å²) in [6.45, 7) is 1.27. The number of aliphatic carboxylic acids is 1. The Labute approximate surface area is 85.1 Å². The third-order valence-corrected chi connectivity index (χ3v) is 1.59. The molecule has 0 spiro atoms. The first kappa shape index (κ1) is 11.0. The van der Waals surface area contributed by atoms with Gasteiger partial charge in [0.2, 0.25) is 0 Å². The van der Waals surface area contributed by atoms with Crippen molar-refractivity contribution in [3.8, 4) is 0 Å². The maximum absolute atomic E-state index is 11.1. The fourth-order valence-corrected chi connectivity index (χ4v) is 0.895. The van der Waals surface area contributed by atoms with Gasteiger partial charge in [0.05, 0.1) is 6.04 Å². The first-order valence-corrected chi connectivity index (χ1v) is 4.21. The van der Waals surface area contributed by atoms with E-state index in [0.717, 1.165) is 0 Å². The van der Waals surface area contributed by atoms with E-state index in [4.69, 9.17) is 5.11 Å². The van der Waals surface area contributed by atoms with Crippen LogP contribution < -0.4 is 10.6 Å². The summed E-state index contributed by atoms with van der Waals surface area (Å²) < 4.78 is 0. The summed E-state index contributed by atoms with van der Waals surface area (Å²) in [6.07, 6.45) is 1.32. The SMILES string of the molecule is CC(NC(=O)NCC(=O)O)c1ncn[nH]1. The molecule has 4 N–H and O–H groups in total. The quantitative estimate of drug-likeness (QED) is 0.524. The molecule has 0 aliphatic heterocycles. The van der Waals surface area contributed by atoms with Crippen LogP contribution in [-0.2, 0) is 4.79 Å². The van der Waals surface area contributed by atoms with Crippen LogP contribution in [0.2, 0.25) is 0 Å². The molecular weight excluding hydrogens is 202 g/mol. The van der Waals surface area contributed by atoms with Crippen LogP contribution in [0.1, 0.15) is 18.8 Å². The molecule has 1 rings (SSSR count). The fourth-order valence-electron chi connectivity index (χ4n) is 0.895. The lowest BCUT2D eigenvalue weighted by Gasteiger charge is -2.10. The molecule has 0 aromatic carbocycles. The predicted octanol–water partition coefficient (Wildman–Crippen LogP) is -0.750. The van der Waals surface area contributed by atoms with Crippen molar-refractivity contribution in [1.82, 2.24) is 25.8 Å². The molecule has 8 heteroatoms. The number of urea groups is 1. The number of aromatic amines is 1. The molecule has 0 radical (unpaired) electrons. The number of carbonyl (C=O) groups is 2. The maximum atomic E-state index is 11.1. The summed E-state index contributed by atoms with van der Waals surface area (Å²) in [4.78, 5) is 25.1. The average Bonchev–Trinajstić information content (AvgIpc) is 2.67. The van der Waals surface area contributed by atoms with Crippen LogP contribution in [0.5, 0.6) is 0 Å². The van der Waals surface area contributed by atoms with Crippen molar-refractivity contribution < 1.29 is 14.7 Å². The summed E-state index contributed by atoms with van der Waals surface area (Å²) in [6, 6.07) is -0.928. The second kappa shape index (κ2) is 4.94. The molecular formula is C7H11N5O3. The minimum atomic E-state index is -1.10. The van der Waals surface area contributed by atoms with E-state index in [0.29, 0.717) is 5.82 Å². The monoisotopic (exact) mass is 213 g/mol. The molecule has 0 saturated carbocycles. The number of carboxylic acids is 1. The molecule has 8 nitrogen and oxygen atoms in total. The van der Waals surface area contributed by atoms with Gasteiger partial charge < -0.3 is 15.7 Å². The van der Waals surface area contributed by atoms with Crippen LogP contribution in [0.3, 0.4) is 0 Å². The molecule has 0 bridgehead atoms. The van der Waals surface area contributed by atoms with Crippen molar-refractivity contribution >= 4 is 12.0 Å². The van der Waals surface area contributed by atoms with Crippen LogP contribution >= 0.6 is 0 Å². The number of hydrogen-bond acceptors (Lipinski definition) is 4. The van der Waals surface area contributed by atoms with Crippen molar-refractivity contribution in [1.29, 1.82) is 0 Å². The second-order valence-corrected chi connectivity index (χ2v) is 2.81. The van der Waals surface area contributed by atoms with Crippen LogP contribution in [0.4, 0.5) is 4.79 Å². The van der Waals surface area contributed by atoms with Gasteiger partial charge in [0.15, 0.2) is 0 Å². The van der Waals surface area contributed by atoms with Crippen molar-refractivity contribution in [2.45, 2.75) is 13.0 Å². The van der Waals surface area contributed by atoms with Gasteiger partial charge in [-0.1, -0.05) is 0 Å². The van der Waals surface area contributed by atoms with Gasteiger partial charge in [-0.3, -0.25) is 9.89 Å². The third-order valence-electron chi connectivity index (χ3n) is 1.59. The van der Waals surface area contributed by atoms with Gasteiger partial charge in [0.1, 0.15) is 18.7 Å².